The number of nitrogens with zero attached hydrogens (tertiary/aromatic N) is 2. The summed E-state index contributed by atoms with van der Waals surface area (Å²) in [5.74, 6) is -12.7. The molecule has 2 aliphatic rings. The Hall–Kier alpha value is -4.86. The Morgan fingerprint density at radius 3 is 0.921 bits per heavy atom. The van der Waals surface area contributed by atoms with E-state index >= 15 is 17.6 Å². The van der Waals surface area contributed by atoms with Gasteiger partial charge in [0.25, 0.3) is 23.6 Å². The number of anilines is 2. The van der Waals surface area contributed by atoms with Gasteiger partial charge in [-0.2, -0.15) is 0 Å². The van der Waals surface area contributed by atoms with Gasteiger partial charge < -0.3 is 0 Å². The van der Waals surface area contributed by atoms with E-state index < -0.39 is 79.9 Å². The minimum absolute atomic E-state index is 0.0954. The van der Waals surface area contributed by atoms with E-state index in [1.54, 1.807) is 13.8 Å². The van der Waals surface area contributed by atoms with Gasteiger partial charge in [0.05, 0.1) is 33.6 Å². The largest absolute Gasteiger partial charge is 0.269 e. The first-order chi connectivity index (χ1) is 18.0. The van der Waals surface area contributed by atoms with E-state index in [9.17, 15) is 19.2 Å². The van der Waals surface area contributed by atoms with Crippen LogP contribution in [-0.4, -0.2) is 23.6 Å². The lowest BCUT2D eigenvalue weighted by molar-refractivity contribution is 0.0863. The van der Waals surface area contributed by atoms with Gasteiger partial charge in [-0.05, 0) is 38.1 Å². The molecule has 0 fully saturated rings. The molecule has 2 aliphatic heterocycles. The maximum atomic E-state index is 15.6. The van der Waals surface area contributed by atoms with Crippen LogP contribution in [0.5, 0.6) is 0 Å². The average Bonchev–Trinajstić information content (AvgIpc) is 2.88. The maximum Gasteiger partial charge on any atom is 0.269 e. The molecular weight excluding hydrogens is 504 g/mol. The van der Waals surface area contributed by atoms with Gasteiger partial charge in [0.1, 0.15) is 0 Å². The second kappa shape index (κ2) is 7.82. The Balaban J connectivity index is 1.71. The third-order valence-corrected chi connectivity index (χ3v) is 6.77. The zero-order valence-corrected chi connectivity index (χ0v) is 19.7. The zero-order chi connectivity index (χ0) is 27.2. The summed E-state index contributed by atoms with van der Waals surface area (Å²) >= 11 is 0. The molecule has 0 spiro atoms. The summed E-state index contributed by atoms with van der Waals surface area (Å²) in [5.41, 5.74) is -3.03. The van der Waals surface area contributed by atoms with E-state index in [1.165, 1.54) is 48.5 Å². The number of hydrogen-bond acceptors (Lipinski definition) is 4. The highest BCUT2D eigenvalue weighted by atomic mass is 19.2. The predicted molar refractivity (Wildman–Crippen MR) is 128 cm³/mol. The molecule has 6 nitrogen and oxygen atoms in total. The van der Waals surface area contributed by atoms with E-state index in [4.69, 9.17) is 0 Å². The first-order valence-electron chi connectivity index (χ1n) is 11.3. The molecule has 0 aliphatic carbocycles. The quantitative estimate of drug-likeness (QED) is 0.255. The summed E-state index contributed by atoms with van der Waals surface area (Å²) in [6, 6.07) is 11.4. The fourth-order valence-electron chi connectivity index (χ4n) is 4.92. The van der Waals surface area contributed by atoms with Crippen molar-refractivity contribution >= 4 is 45.8 Å². The van der Waals surface area contributed by atoms with Gasteiger partial charge in [-0.1, -0.05) is 35.4 Å². The topological polar surface area (TPSA) is 74.8 Å². The lowest BCUT2D eigenvalue weighted by Crippen LogP contribution is -2.46. The zero-order valence-electron chi connectivity index (χ0n) is 19.7. The Morgan fingerprint density at radius 1 is 0.447 bits per heavy atom. The monoisotopic (exact) mass is 518 g/mol. The molecule has 10 heteroatoms. The molecule has 6 rings (SSSR count). The number of imide groups is 2. The molecular formula is C28H14F4N2O4. The molecule has 4 amide bonds. The number of halogens is 4. The Labute approximate surface area is 211 Å². The van der Waals surface area contributed by atoms with Crippen LogP contribution >= 0.6 is 0 Å². The average molecular weight is 518 g/mol. The number of aryl methyl sites for hydroxylation is 2. The van der Waals surface area contributed by atoms with E-state index in [1.807, 2.05) is 0 Å². The number of hydrogen-bond donors (Lipinski definition) is 0. The van der Waals surface area contributed by atoms with Crippen molar-refractivity contribution in [2.45, 2.75) is 13.8 Å². The molecule has 2 heterocycles. The van der Waals surface area contributed by atoms with Gasteiger partial charge in [-0.25, -0.2) is 27.4 Å². The van der Waals surface area contributed by atoms with Gasteiger partial charge in [0, 0.05) is 10.8 Å². The molecule has 0 atom stereocenters. The SMILES string of the molecule is Cc1ccc(N2C(=O)c3c(F)c(F)c4c5c(c(F)c(F)c(c35)C2=O)C(=O)N(c2ccc(C)cc2)C4=O)cc1. The van der Waals surface area contributed by atoms with Crippen LogP contribution in [0.3, 0.4) is 0 Å². The minimum Gasteiger partial charge on any atom is -0.268 e. The third-order valence-electron chi connectivity index (χ3n) is 6.77. The molecule has 4 aromatic carbocycles. The lowest BCUT2D eigenvalue weighted by Gasteiger charge is -2.33. The summed E-state index contributed by atoms with van der Waals surface area (Å²) in [6.45, 7) is 3.44. The number of benzene rings is 4. The van der Waals surface area contributed by atoms with Crippen LogP contribution in [0.25, 0.3) is 10.8 Å². The molecule has 0 aromatic heterocycles. The molecule has 0 radical (unpaired) electrons. The van der Waals surface area contributed by atoms with Gasteiger partial charge in [-0.15, -0.1) is 0 Å². The summed E-state index contributed by atoms with van der Waals surface area (Å²) in [6.07, 6.45) is 0. The molecule has 0 unspecified atom stereocenters. The summed E-state index contributed by atoms with van der Waals surface area (Å²) in [4.78, 5) is 54.3. The van der Waals surface area contributed by atoms with E-state index in [0.29, 0.717) is 9.80 Å². The Bertz CT molecular complexity index is 1580. The van der Waals surface area contributed by atoms with Crippen LogP contribution < -0.4 is 9.80 Å². The minimum atomic E-state index is -1.83. The number of carbonyl (C=O) groups is 4. The molecule has 0 bridgehead atoms. The number of amides is 4. The van der Waals surface area contributed by atoms with E-state index in [2.05, 4.69) is 0 Å². The van der Waals surface area contributed by atoms with Gasteiger partial charge in [0.15, 0.2) is 23.3 Å². The highest BCUT2D eigenvalue weighted by Crippen LogP contribution is 2.44. The van der Waals surface area contributed by atoms with Crippen molar-refractivity contribution in [1.29, 1.82) is 0 Å². The van der Waals surface area contributed by atoms with Crippen molar-refractivity contribution < 1.29 is 36.7 Å². The maximum absolute atomic E-state index is 15.6. The van der Waals surface area contributed by atoms with Crippen LogP contribution in [0, 0.1) is 37.1 Å². The van der Waals surface area contributed by atoms with Crippen LogP contribution in [-0.2, 0) is 0 Å². The lowest BCUT2D eigenvalue weighted by atomic mass is 9.84. The first-order valence-corrected chi connectivity index (χ1v) is 11.3. The first kappa shape index (κ1) is 23.5. The van der Waals surface area contributed by atoms with Gasteiger partial charge in [-0.3, -0.25) is 19.2 Å². The van der Waals surface area contributed by atoms with Crippen molar-refractivity contribution in [3.63, 3.8) is 0 Å². The van der Waals surface area contributed by atoms with Crippen molar-refractivity contribution in [2.24, 2.45) is 0 Å². The molecule has 0 N–H and O–H groups in total. The molecule has 4 aromatic rings. The summed E-state index contributed by atoms with van der Waals surface area (Å²) in [7, 11) is 0. The van der Waals surface area contributed by atoms with Crippen molar-refractivity contribution in [1.82, 2.24) is 0 Å². The Morgan fingerprint density at radius 2 is 0.684 bits per heavy atom. The van der Waals surface area contributed by atoms with Crippen molar-refractivity contribution in [3.8, 4) is 0 Å². The normalized spacial score (nSPS) is 14.7. The third kappa shape index (κ3) is 2.88. The van der Waals surface area contributed by atoms with E-state index in [-0.39, 0.29) is 11.4 Å². The van der Waals surface area contributed by atoms with Crippen molar-refractivity contribution in [2.75, 3.05) is 9.80 Å². The highest BCUT2D eigenvalue weighted by Gasteiger charge is 2.48. The highest BCUT2D eigenvalue weighted by molar-refractivity contribution is 6.42. The summed E-state index contributed by atoms with van der Waals surface area (Å²) in [5, 5.41) is -1.65. The van der Waals surface area contributed by atoms with Gasteiger partial charge >= 0.3 is 0 Å². The van der Waals surface area contributed by atoms with Crippen LogP contribution in [0.15, 0.2) is 48.5 Å². The summed E-state index contributed by atoms with van der Waals surface area (Å²) < 4.78 is 62.2. The van der Waals surface area contributed by atoms with E-state index in [0.717, 1.165) is 11.1 Å². The fourth-order valence-corrected chi connectivity index (χ4v) is 4.92. The molecule has 188 valence electrons. The fraction of sp³-hybridized carbons (Fsp3) is 0.0714. The van der Waals surface area contributed by atoms with Crippen LogP contribution in [0.4, 0.5) is 28.9 Å². The molecule has 0 saturated carbocycles. The smallest absolute Gasteiger partial charge is 0.268 e. The standard InChI is InChI=1S/C28H14F4N2O4/c1-11-3-7-13(8-4-11)33-25(35)17-15-16-19(23(31)21(17)29)27(37)34(14-9-5-12(2)6-10-14)28(38)20(16)24(32)22(30)18(15)26(33)36/h3-10H,1-2H3. The van der Waals surface area contributed by atoms with Crippen LogP contribution in [0.2, 0.25) is 0 Å². The Kier molecular flexibility index (Phi) is 4.84. The number of carbonyl (C=O) groups excluding carboxylic acids is 4. The second-order valence-electron chi connectivity index (χ2n) is 9.07. The van der Waals surface area contributed by atoms with Crippen molar-refractivity contribution in [3.05, 3.63) is 105 Å². The van der Waals surface area contributed by atoms with Crippen LogP contribution in [0.1, 0.15) is 52.6 Å². The second-order valence-corrected chi connectivity index (χ2v) is 9.07. The predicted octanol–water partition coefficient (Wildman–Crippen LogP) is 5.61. The van der Waals surface area contributed by atoms with Gasteiger partial charge in [0.2, 0.25) is 0 Å². The molecule has 38 heavy (non-hydrogen) atoms. The molecule has 0 saturated heterocycles. The number of rotatable bonds is 2.